The van der Waals surface area contributed by atoms with Crippen molar-refractivity contribution in [2.24, 2.45) is 0 Å². The Morgan fingerprint density at radius 2 is 2.00 bits per heavy atom. The van der Waals surface area contributed by atoms with Gasteiger partial charge in [-0.15, -0.1) is 0 Å². The number of piperidine rings is 1. The number of fused-ring (bicyclic) bond motifs is 2. The minimum atomic E-state index is -0.527. The van der Waals surface area contributed by atoms with Gasteiger partial charge in [-0.05, 0) is 31.7 Å². The van der Waals surface area contributed by atoms with Gasteiger partial charge in [0.2, 0.25) is 0 Å². The Balaban J connectivity index is 1.73. The van der Waals surface area contributed by atoms with Crippen molar-refractivity contribution >= 4 is 17.3 Å². The van der Waals surface area contributed by atoms with Crippen molar-refractivity contribution in [2.75, 3.05) is 5.73 Å². The van der Waals surface area contributed by atoms with Gasteiger partial charge in [0.15, 0.2) is 0 Å². The first-order valence-corrected chi connectivity index (χ1v) is 7.14. The Kier molecular flexibility index (Phi) is 3.50. The van der Waals surface area contributed by atoms with Crippen molar-refractivity contribution < 1.29 is 9.72 Å². The van der Waals surface area contributed by atoms with Crippen LogP contribution in [0.15, 0.2) is 18.2 Å². The van der Waals surface area contributed by atoms with E-state index in [1.165, 1.54) is 18.2 Å². The summed E-state index contributed by atoms with van der Waals surface area (Å²) in [5.74, 6) is -0.331. The van der Waals surface area contributed by atoms with E-state index in [9.17, 15) is 14.9 Å². The number of nitrogens with one attached hydrogen (secondary N) is 2. The number of hydrogen-bond donors (Lipinski definition) is 3. The van der Waals surface area contributed by atoms with Crippen LogP contribution in [0, 0.1) is 10.1 Å². The van der Waals surface area contributed by atoms with Crippen molar-refractivity contribution in [1.29, 1.82) is 0 Å². The van der Waals surface area contributed by atoms with E-state index >= 15 is 0 Å². The fourth-order valence-electron chi connectivity index (χ4n) is 3.29. The molecular weight excluding hydrogens is 272 g/mol. The van der Waals surface area contributed by atoms with E-state index in [0.29, 0.717) is 12.1 Å². The number of amides is 1. The Labute approximate surface area is 122 Å². The molecular formula is C14H18N4O3. The molecule has 21 heavy (non-hydrogen) atoms. The second-order valence-corrected chi connectivity index (χ2v) is 5.81. The van der Waals surface area contributed by atoms with Crippen LogP contribution < -0.4 is 16.4 Å². The van der Waals surface area contributed by atoms with Crippen molar-refractivity contribution in [1.82, 2.24) is 10.6 Å². The van der Waals surface area contributed by atoms with Crippen LogP contribution in [0.25, 0.3) is 0 Å². The third kappa shape index (κ3) is 2.82. The summed E-state index contributed by atoms with van der Waals surface area (Å²) in [6.07, 6.45) is 4.10. The molecule has 1 aromatic rings. The molecule has 2 heterocycles. The highest BCUT2D eigenvalue weighted by Crippen LogP contribution is 2.27. The zero-order valence-electron chi connectivity index (χ0n) is 11.5. The van der Waals surface area contributed by atoms with Gasteiger partial charge in [0, 0.05) is 35.9 Å². The first-order chi connectivity index (χ1) is 10.0. The molecule has 0 spiro atoms. The zero-order valence-corrected chi connectivity index (χ0v) is 11.5. The molecule has 2 bridgehead atoms. The molecule has 1 aromatic carbocycles. The third-order valence-electron chi connectivity index (χ3n) is 4.30. The fourth-order valence-corrected chi connectivity index (χ4v) is 3.29. The largest absolute Gasteiger partial charge is 0.398 e. The van der Waals surface area contributed by atoms with Gasteiger partial charge in [-0.25, -0.2) is 0 Å². The van der Waals surface area contributed by atoms with Crippen LogP contribution in [0.4, 0.5) is 11.4 Å². The molecule has 4 N–H and O–H groups in total. The zero-order chi connectivity index (χ0) is 15.0. The van der Waals surface area contributed by atoms with Crippen LogP contribution >= 0.6 is 0 Å². The molecule has 2 aliphatic heterocycles. The monoisotopic (exact) mass is 290 g/mol. The van der Waals surface area contributed by atoms with E-state index in [4.69, 9.17) is 5.73 Å². The van der Waals surface area contributed by atoms with Crippen LogP contribution in [-0.4, -0.2) is 29.0 Å². The lowest BCUT2D eigenvalue weighted by Gasteiger charge is -2.29. The highest BCUT2D eigenvalue weighted by atomic mass is 16.6. The first kappa shape index (κ1) is 13.8. The molecule has 2 saturated heterocycles. The molecule has 3 rings (SSSR count). The number of benzene rings is 1. The molecule has 2 atom stereocenters. The molecule has 7 heteroatoms. The molecule has 2 fully saturated rings. The summed E-state index contributed by atoms with van der Waals surface area (Å²) in [6, 6.07) is 4.99. The molecule has 2 aliphatic rings. The highest BCUT2D eigenvalue weighted by Gasteiger charge is 2.34. The topological polar surface area (TPSA) is 110 Å². The summed E-state index contributed by atoms with van der Waals surface area (Å²) in [6.45, 7) is 0. The minimum Gasteiger partial charge on any atom is -0.398 e. The standard InChI is InChI=1S/C14H18N4O3/c15-13-4-3-11(18(20)21)7-12(13)14(19)17-10-5-8-1-2-9(6-10)16-8/h3-4,7-10,16H,1-2,5-6,15H2,(H,17,19). The number of nitrogen functional groups attached to an aromatic ring is 1. The average molecular weight is 290 g/mol. The maximum Gasteiger partial charge on any atom is 0.270 e. The molecule has 112 valence electrons. The number of nitrogens with two attached hydrogens (primary N) is 1. The van der Waals surface area contributed by atoms with Crippen molar-refractivity contribution in [3.05, 3.63) is 33.9 Å². The molecule has 7 nitrogen and oxygen atoms in total. The fraction of sp³-hybridized carbons (Fsp3) is 0.500. The lowest BCUT2D eigenvalue weighted by Crippen LogP contribution is -2.48. The van der Waals surface area contributed by atoms with E-state index in [2.05, 4.69) is 10.6 Å². The van der Waals surface area contributed by atoms with Gasteiger partial charge in [0.1, 0.15) is 0 Å². The molecule has 0 radical (unpaired) electrons. The quantitative estimate of drug-likeness (QED) is 0.440. The number of rotatable bonds is 3. The molecule has 2 unspecified atom stereocenters. The van der Waals surface area contributed by atoms with Crippen molar-refractivity contribution in [3.63, 3.8) is 0 Å². The van der Waals surface area contributed by atoms with Gasteiger partial charge in [0.25, 0.3) is 11.6 Å². The number of nitro benzene ring substituents is 1. The number of nitrogens with zero attached hydrogens (tertiary/aromatic N) is 1. The maximum atomic E-state index is 12.3. The number of hydrogen-bond acceptors (Lipinski definition) is 5. The van der Waals surface area contributed by atoms with Gasteiger partial charge in [-0.3, -0.25) is 14.9 Å². The van der Waals surface area contributed by atoms with Gasteiger partial charge in [-0.1, -0.05) is 0 Å². The Morgan fingerprint density at radius 1 is 1.33 bits per heavy atom. The van der Waals surface area contributed by atoms with Crippen LogP contribution in [0.2, 0.25) is 0 Å². The van der Waals surface area contributed by atoms with E-state index in [1.807, 2.05) is 0 Å². The predicted molar refractivity (Wildman–Crippen MR) is 77.9 cm³/mol. The van der Waals surface area contributed by atoms with Crippen molar-refractivity contribution in [2.45, 2.75) is 43.8 Å². The number of carbonyl (C=O) groups is 1. The van der Waals surface area contributed by atoms with Crippen LogP contribution in [0.3, 0.4) is 0 Å². The highest BCUT2D eigenvalue weighted by molar-refractivity contribution is 5.99. The predicted octanol–water partition coefficient (Wildman–Crippen LogP) is 1.19. The lowest BCUT2D eigenvalue weighted by molar-refractivity contribution is -0.384. The second kappa shape index (κ2) is 5.33. The molecule has 0 saturated carbocycles. The maximum absolute atomic E-state index is 12.3. The van der Waals surface area contributed by atoms with Gasteiger partial charge < -0.3 is 16.4 Å². The smallest absolute Gasteiger partial charge is 0.270 e. The van der Waals surface area contributed by atoms with Gasteiger partial charge in [0.05, 0.1) is 10.5 Å². The van der Waals surface area contributed by atoms with Crippen LogP contribution in [0.5, 0.6) is 0 Å². The minimum absolute atomic E-state index is 0.106. The Hall–Kier alpha value is -2.15. The summed E-state index contributed by atoms with van der Waals surface area (Å²) >= 11 is 0. The van der Waals surface area contributed by atoms with Crippen LogP contribution in [-0.2, 0) is 0 Å². The summed E-state index contributed by atoms with van der Waals surface area (Å²) in [5, 5.41) is 17.3. The van der Waals surface area contributed by atoms with Gasteiger partial charge >= 0.3 is 0 Å². The molecule has 0 aliphatic carbocycles. The summed E-state index contributed by atoms with van der Waals surface area (Å²) in [7, 11) is 0. The van der Waals surface area contributed by atoms with Crippen molar-refractivity contribution in [3.8, 4) is 0 Å². The number of non-ortho nitro benzene ring substituents is 1. The number of anilines is 1. The molecule has 0 aromatic heterocycles. The second-order valence-electron chi connectivity index (χ2n) is 5.81. The number of nitro groups is 1. The third-order valence-corrected chi connectivity index (χ3v) is 4.30. The summed E-state index contributed by atoms with van der Waals surface area (Å²) in [5.41, 5.74) is 6.08. The SMILES string of the molecule is Nc1ccc([N+](=O)[O-])cc1C(=O)NC1CC2CCC(C1)N2. The normalized spacial score (nSPS) is 27.3. The van der Waals surface area contributed by atoms with E-state index < -0.39 is 4.92 Å². The lowest BCUT2D eigenvalue weighted by atomic mass is 9.99. The van der Waals surface area contributed by atoms with Gasteiger partial charge in [-0.2, -0.15) is 0 Å². The summed E-state index contributed by atoms with van der Waals surface area (Å²) < 4.78 is 0. The van der Waals surface area contributed by atoms with E-state index in [1.54, 1.807) is 0 Å². The first-order valence-electron chi connectivity index (χ1n) is 7.14. The summed E-state index contributed by atoms with van der Waals surface area (Å²) in [4.78, 5) is 22.6. The Bertz CT molecular complexity index is 578. The van der Waals surface area contributed by atoms with E-state index in [0.717, 1.165) is 25.7 Å². The average Bonchev–Trinajstić information content (AvgIpc) is 2.78. The van der Waals surface area contributed by atoms with E-state index in [-0.39, 0.29) is 28.9 Å². The Morgan fingerprint density at radius 3 is 2.62 bits per heavy atom. The number of carbonyl (C=O) groups excluding carboxylic acids is 1. The van der Waals surface area contributed by atoms with Crippen LogP contribution in [0.1, 0.15) is 36.0 Å². The molecule has 1 amide bonds.